The molecular weight excluding hydrogens is 318 g/mol. The number of hydrogen-bond acceptors (Lipinski definition) is 5. The lowest BCUT2D eigenvalue weighted by Gasteiger charge is -2.45. The fourth-order valence-corrected chi connectivity index (χ4v) is 4.38. The van der Waals surface area contributed by atoms with Crippen molar-refractivity contribution in [3.63, 3.8) is 0 Å². The number of aliphatic hydroxyl groups is 1. The van der Waals surface area contributed by atoms with Crippen LogP contribution in [-0.4, -0.2) is 43.6 Å². The molecule has 0 saturated heterocycles. The van der Waals surface area contributed by atoms with Crippen molar-refractivity contribution < 1.29 is 19.4 Å². The number of fused-ring (bicyclic) bond motifs is 3. The first-order chi connectivity index (χ1) is 12.1. The summed E-state index contributed by atoms with van der Waals surface area (Å²) in [6.07, 6.45) is -0.175. The number of carbonyl (C=O) groups is 1. The molecule has 2 aromatic rings. The van der Waals surface area contributed by atoms with Gasteiger partial charge in [0.2, 0.25) is 0 Å². The van der Waals surface area contributed by atoms with Crippen LogP contribution < -0.4 is 9.47 Å². The second kappa shape index (κ2) is 5.58. The Kier molecular flexibility index (Phi) is 3.60. The van der Waals surface area contributed by atoms with E-state index < -0.39 is 11.6 Å². The summed E-state index contributed by atoms with van der Waals surface area (Å²) >= 11 is 0. The van der Waals surface area contributed by atoms with Gasteiger partial charge in [0, 0.05) is 17.7 Å². The number of likely N-dealkylation sites (N-methyl/N-ethyl adjacent to an activating group) is 1. The van der Waals surface area contributed by atoms with E-state index in [-0.39, 0.29) is 5.78 Å². The van der Waals surface area contributed by atoms with E-state index in [1.165, 1.54) is 0 Å². The minimum absolute atomic E-state index is 0.0920. The van der Waals surface area contributed by atoms with Gasteiger partial charge in [-0.2, -0.15) is 0 Å². The summed E-state index contributed by atoms with van der Waals surface area (Å²) in [7, 11) is 5.03. The van der Waals surface area contributed by atoms with E-state index >= 15 is 0 Å². The minimum Gasteiger partial charge on any atom is -0.493 e. The first-order valence-corrected chi connectivity index (χ1v) is 8.34. The van der Waals surface area contributed by atoms with Crippen LogP contribution in [0.5, 0.6) is 11.5 Å². The largest absolute Gasteiger partial charge is 0.493 e. The topological polar surface area (TPSA) is 59.0 Å². The predicted octanol–water partition coefficient (Wildman–Crippen LogP) is 2.32. The van der Waals surface area contributed by atoms with Crippen molar-refractivity contribution >= 4 is 5.78 Å². The SMILES string of the molecule is COc1ccc2c(c1OC)C1(C(=O)c3ccccc3C1O)N(C)CC2. The molecule has 1 spiro atoms. The van der Waals surface area contributed by atoms with Crippen LogP contribution in [0.1, 0.15) is 33.2 Å². The summed E-state index contributed by atoms with van der Waals surface area (Å²) in [6.45, 7) is 0.680. The fourth-order valence-electron chi connectivity index (χ4n) is 4.38. The zero-order valence-corrected chi connectivity index (χ0v) is 14.6. The highest BCUT2D eigenvalue weighted by molar-refractivity contribution is 6.09. The highest BCUT2D eigenvalue weighted by atomic mass is 16.5. The third kappa shape index (κ3) is 1.88. The van der Waals surface area contributed by atoms with Crippen LogP contribution in [0.4, 0.5) is 0 Å². The van der Waals surface area contributed by atoms with Crippen LogP contribution in [-0.2, 0) is 12.0 Å². The van der Waals surface area contributed by atoms with E-state index in [0.717, 1.165) is 17.5 Å². The molecule has 0 saturated carbocycles. The Bertz CT molecular complexity index is 863. The standard InChI is InChI=1S/C20H21NO4/c1-21-11-10-12-8-9-15(24-2)17(25-3)16(12)20(21)18(22)13-6-4-5-7-14(13)19(20)23/h4-9,18,22H,10-11H2,1-3H3. The van der Waals surface area contributed by atoms with E-state index in [1.54, 1.807) is 20.3 Å². The van der Waals surface area contributed by atoms with Gasteiger partial charge in [-0.05, 0) is 30.7 Å². The molecule has 5 nitrogen and oxygen atoms in total. The molecule has 1 N–H and O–H groups in total. The van der Waals surface area contributed by atoms with E-state index in [0.29, 0.717) is 29.2 Å². The first-order valence-electron chi connectivity index (χ1n) is 8.34. The second-order valence-corrected chi connectivity index (χ2v) is 6.59. The molecule has 2 aliphatic rings. The van der Waals surface area contributed by atoms with Gasteiger partial charge in [0.05, 0.1) is 14.2 Å². The molecule has 0 aromatic heterocycles. The number of Topliss-reactive ketones (excluding diaryl/α,β-unsaturated/α-hetero) is 1. The lowest BCUT2D eigenvalue weighted by molar-refractivity contribution is -0.00898. The van der Waals surface area contributed by atoms with Gasteiger partial charge in [-0.25, -0.2) is 0 Å². The summed E-state index contributed by atoms with van der Waals surface area (Å²) < 4.78 is 11.1. The first kappa shape index (κ1) is 16.1. The van der Waals surface area contributed by atoms with Gasteiger partial charge in [-0.15, -0.1) is 0 Å². The third-order valence-corrected chi connectivity index (χ3v) is 5.57. The molecule has 0 bridgehead atoms. The monoisotopic (exact) mass is 339 g/mol. The molecular formula is C20H21NO4. The number of aliphatic hydroxyl groups excluding tert-OH is 1. The molecule has 0 fully saturated rings. The molecule has 2 unspecified atom stereocenters. The quantitative estimate of drug-likeness (QED) is 0.910. The maximum absolute atomic E-state index is 13.5. The molecule has 5 heteroatoms. The average molecular weight is 339 g/mol. The number of benzene rings is 2. The van der Waals surface area contributed by atoms with Crippen LogP contribution in [0.2, 0.25) is 0 Å². The van der Waals surface area contributed by atoms with Gasteiger partial charge < -0.3 is 14.6 Å². The molecule has 1 aliphatic carbocycles. The van der Waals surface area contributed by atoms with Crippen molar-refractivity contribution in [2.24, 2.45) is 0 Å². The van der Waals surface area contributed by atoms with Crippen molar-refractivity contribution in [2.75, 3.05) is 27.8 Å². The number of ketones is 1. The molecule has 0 radical (unpaired) electrons. The van der Waals surface area contributed by atoms with Crippen molar-refractivity contribution in [3.05, 3.63) is 58.7 Å². The molecule has 1 aliphatic heterocycles. The number of ether oxygens (including phenoxy) is 2. The van der Waals surface area contributed by atoms with Gasteiger partial charge in [0.15, 0.2) is 17.3 Å². The normalized spacial score (nSPS) is 25.0. The van der Waals surface area contributed by atoms with Gasteiger partial charge in [-0.3, -0.25) is 9.69 Å². The highest BCUT2D eigenvalue weighted by Crippen LogP contribution is 2.55. The molecule has 2 atom stereocenters. The van der Waals surface area contributed by atoms with Gasteiger partial charge >= 0.3 is 0 Å². The second-order valence-electron chi connectivity index (χ2n) is 6.59. The van der Waals surface area contributed by atoms with Crippen molar-refractivity contribution in [1.82, 2.24) is 4.90 Å². The molecule has 4 rings (SSSR count). The van der Waals surface area contributed by atoms with Crippen molar-refractivity contribution in [1.29, 1.82) is 0 Å². The van der Waals surface area contributed by atoms with Gasteiger partial charge in [-0.1, -0.05) is 30.3 Å². The molecule has 0 amide bonds. The van der Waals surface area contributed by atoms with Gasteiger partial charge in [0.25, 0.3) is 0 Å². The zero-order valence-electron chi connectivity index (χ0n) is 14.6. The number of methoxy groups -OCH3 is 2. The lowest BCUT2D eigenvalue weighted by Crippen LogP contribution is -2.54. The molecule has 130 valence electrons. The summed E-state index contributed by atoms with van der Waals surface area (Å²) in [5.41, 5.74) is 1.78. The average Bonchev–Trinajstić information content (AvgIpc) is 2.87. The van der Waals surface area contributed by atoms with Crippen LogP contribution in [0, 0.1) is 0 Å². The van der Waals surface area contributed by atoms with Gasteiger partial charge in [0.1, 0.15) is 11.6 Å². The van der Waals surface area contributed by atoms with Crippen LogP contribution >= 0.6 is 0 Å². The third-order valence-electron chi connectivity index (χ3n) is 5.57. The summed E-state index contributed by atoms with van der Waals surface area (Å²) in [4.78, 5) is 15.5. The van der Waals surface area contributed by atoms with Crippen molar-refractivity contribution in [3.8, 4) is 11.5 Å². The summed E-state index contributed by atoms with van der Waals surface area (Å²) in [5.74, 6) is 0.990. The number of hydrogen-bond donors (Lipinski definition) is 1. The van der Waals surface area contributed by atoms with E-state index in [4.69, 9.17) is 9.47 Å². The number of rotatable bonds is 2. The Labute approximate surface area is 146 Å². The number of nitrogens with zero attached hydrogens (tertiary/aromatic N) is 1. The number of carbonyl (C=O) groups excluding carboxylic acids is 1. The smallest absolute Gasteiger partial charge is 0.191 e. The van der Waals surface area contributed by atoms with Crippen LogP contribution in [0.3, 0.4) is 0 Å². The summed E-state index contributed by atoms with van der Waals surface area (Å²) in [5, 5.41) is 11.3. The Morgan fingerprint density at radius 2 is 1.92 bits per heavy atom. The van der Waals surface area contributed by atoms with Crippen LogP contribution in [0.15, 0.2) is 36.4 Å². The van der Waals surface area contributed by atoms with Crippen molar-refractivity contribution in [2.45, 2.75) is 18.1 Å². The Balaban J connectivity index is 2.07. The Morgan fingerprint density at radius 3 is 2.60 bits per heavy atom. The fraction of sp³-hybridized carbons (Fsp3) is 0.350. The maximum Gasteiger partial charge on any atom is 0.191 e. The van der Waals surface area contributed by atoms with Crippen LogP contribution in [0.25, 0.3) is 0 Å². The molecule has 2 aromatic carbocycles. The molecule has 1 heterocycles. The van der Waals surface area contributed by atoms with E-state index in [1.807, 2.05) is 42.3 Å². The molecule has 25 heavy (non-hydrogen) atoms. The van der Waals surface area contributed by atoms with E-state index in [2.05, 4.69) is 0 Å². The lowest BCUT2D eigenvalue weighted by atomic mass is 9.75. The van der Waals surface area contributed by atoms with E-state index in [9.17, 15) is 9.90 Å². The Hall–Kier alpha value is -2.37. The highest BCUT2D eigenvalue weighted by Gasteiger charge is 2.60. The zero-order chi connectivity index (χ0) is 17.8. The summed E-state index contributed by atoms with van der Waals surface area (Å²) in [6, 6.07) is 11.1. The minimum atomic E-state index is -1.18. The predicted molar refractivity (Wildman–Crippen MR) is 93.3 cm³/mol. The maximum atomic E-state index is 13.5. The Morgan fingerprint density at radius 1 is 1.16 bits per heavy atom.